The Balaban J connectivity index is 1.81. The van der Waals surface area contributed by atoms with Crippen molar-refractivity contribution in [2.75, 3.05) is 0 Å². The lowest BCUT2D eigenvalue weighted by atomic mass is 9.89. The van der Waals surface area contributed by atoms with E-state index in [0.29, 0.717) is 5.96 Å². The highest BCUT2D eigenvalue weighted by Crippen LogP contribution is 2.34. The highest BCUT2D eigenvalue weighted by atomic mass is 15.3. The molecule has 4 heteroatoms. The predicted molar refractivity (Wildman–Crippen MR) is 78.2 cm³/mol. The lowest BCUT2D eigenvalue weighted by Crippen LogP contribution is -2.47. The van der Waals surface area contributed by atoms with Gasteiger partial charge in [-0.1, -0.05) is 36.8 Å². The van der Waals surface area contributed by atoms with Crippen LogP contribution in [0, 0.1) is 0 Å². The van der Waals surface area contributed by atoms with E-state index in [2.05, 4.69) is 22.4 Å². The molecule has 1 aromatic carbocycles. The molecular weight excluding hydrogens is 236 g/mol. The Kier molecular flexibility index (Phi) is 3.23. The predicted octanol–water partition coefficient (Wildman–Crippen LogP) is 2.21. The number of nitrogens with one attached hydrogen (secondary N) is 1. The fourth-order valence-electron chi connectivity index (χ4n) is 2.92. The molecule has 0 unspecified atom stereocenters. The Morgan fingerprint density at radius 1 is 1.05 bits per heavy atom. The van der Waals surface area contributed by atoms with Crippen molar-refractivity contribution in [3.05, 3.63) is 35.9 Å². The van der Waals surface area contributed by atoms with E-state index >= 15 is 0 Å². The summed E-state index contributed by atoms with van der Waals surface area (Å²) in [4.78, 5) is 9.42. The molecule has 2 aliphatic rings. The third-order valence-corrected chi connectivity index (χ3v) is 3.81. The average Bonchev–Trinajstić information content (AvgIpc) is 2.39. The van der Waals surface area contributed by atoms with E-state index in [1.54, 1.807) is 0 Å². The zero-order chi connectivity index (χ0) is 13.1. The average molecular weight is 256 g/mol. The van der Waals surface area contributed by atoms with Gasteiger partial charge in [-0.15, -0.1) is 0 Å². The minimum atomic E-state index is -0.280. The molecule has 1 aliphatic heterocycles. The van der Waals surface area contributed by atoms with Crippen LogP contribution < -0.4 is 11.1 Å². The quantitative estimate of drug-likeness (QED) is 0.852. The number of nitrogens with zero attached hydrogens (tertiary/aromatic N) is 2. The second-order valence-corrected chi connectivity index (χ2v) is 5.39. The van der Waals surface area contributed by atoms with E-state index in [-0.39, 0.29) is 5.66 Å². The lowest BCUT2D eigenvalue weighted by molar-refractivity contribution is 0.306. The van der Waals surface area contributed by atoms with Crippen molar-refractivity contribution in [2.45, 2.75) is 44.2 Å². The van der Waals surface area contributed by atoms with Crippen molar-refractivity contribution in [1.82, 2.24) is 5.32 Å². The number of amidine groups is 1. The van der Waals surface area contributed by atoms with Gasteiger partial charge in [0.2, 0.25) is 0 Å². The van der Waals surface area contributed by atoms with Gasteiger partial charge in [0.15, 0.2) is 11.6 Å². The van der Waals surface area contributed by atoms with Crippen LogP contribution in [0.15, 0.2) is 40.3 Å². The molecule has 1 aliphatic carbocycles. The Labute approximate surface area is 113 Å². The van der Waals surface area contributed by atoms with Crippen LogP contribution in [0.4, 0.5) is 0 Å². The summed E-state index contributed by atoms with van der Waals surface area (Å²) in [5, 5.41) is 3.11. The molecule has 0 aromatic heterocycles. The zero-order valence-electron chi connectivity index (χ0n) is 11.1. The number of benzene rings is 1. The summed E-state index contributed by atoms with van der Waals surface area (Å²) < 4.78 is 0. The molecule has 1 aromatic rings. The lowest BCUT2D eigenvalue weighted by Gasteiger charge is -2.34. The van der Waals surface area contributed by atoms with Crippen molar-refractivity contribution in [3.63, 3.8) is 0 Å². The molecule has 3 rings (SSSR count). The highest BCUT2D eigenvalue weighted by Gasteiger charge is 2.34. The number of aliphatic imine (C=N–C) groups is 2. The molecule has 1 heterocycles. The summed E-state index contributed by atoms with van der Waals surface area (Å²) in [7, 11) is 0. The summed E-state index contributed by atoms with van der Waals surface area (Å²) in [6, 6.07) is 10.3. The van der Waals surface area contributed by atoms with Crippen LogP contribution in [-0.2, 0) is 6.42 Å². The topological polar surface area (TPSA) is 62.8 Å². The minimum Gasteiger partial charge on any atom is -0.370 e. The maximum absolute atomic E-state index is 5.94. The van der Waals surface area contributed by atoms with Gasteiger partial charge in [0.05, 0.1) is 0 Å². The molecule has 3 N–H and O–H groups in total. The highest BCUT2D eigenvalue weighted by molar-refractivity contribution is 6.01. The first kappa shape index (κ1) is 12.2. The summed E-state index contributed by atoms with van der Waals surface area (Å²) in [5.41, 5.74) is 6.91. The first-order chi connectivity index (χ1) is 9.26. The Hall–Kier alpha value is -1.84. The van der Waals surface area contributed by atoms with Crippen molar-refractivity contribution < 1.29 is 0 Å². The van der Waals surface area contributed by atoms with Crippen molar-refractivity contribution in [1.29, 1.82) is 0 Å². The van der Waals surface area contributed by atoms with Gasteiger partial charge in [-0.25, -0.2) is 9.98 Å². The van der Waals surface area contributed by atoms with Crippen molar-refractivity contribution in [2.24, 2.45) is 15.7 Å². The summed E-state index contributed by atoms with van der Waals surface area (Å²) in [6.07, 6.45) is 6.51. The molecular formula is C15H20N4. The third-order valence-electron chi connectivity index (χ3n) is 3.81. The van der Waals surface area contributed by atoms with Gasteiger partial charge in [0.25, 0.3) is 0 Å². The largest absolute Gasteiger partial charge is 0.370 e. The number of nitrogens with two attached hydrogens (primary N) is 1. The van der Waals surface area contributed by atoms with Crippen molar-refractivity contribution >= 4 is 11.8 Å². The van der Waals surface area contributed by atoms with Crippen LogP contribution >= 0.6 is 0 Å². The number of guanidine groups is 1. The fraction of sp³-hybridized carbons (Fsp3) is 0.467. The Morgan fingerprint density at radius 3 is 2.53 bits per heavy atom. The molecule has 0 bridgehead atoms. The van der Waals surface area contributed by atoms with Gasteiger partial charge in [-0.05, 0) is 31.2 Å². The van der Waals surface area contributed by atoms with E-state index < -0.39 is 0 Å². The standard InChI is InChI=1S/C15H20N4/c16-14-17-13(11-12-7-3-1-4-8-12)18-15(19-14)9-5-2-6-10-15/h1,3-4,7-8H,2,5-6,9-11H2,(H3,16,17,18,19). The maximum atomic E-state index is 5.94. The molecule has 1 saturated carbocycles. The zero-order valence-corrected chi connectivity index (χ0v) is 11.1. The number of hydrogen-bond acceptors (Lipinski definition) is 4. The van der Waals surface area contributed by atoms with Crippen LogP contribution in [0.5, 0.6) is 0 Å². The van der Waals surface area contributed by atoms with Gasteiger partial charge in [0.1, 0.15) is 5.84 Å². The molecule has 0 radical (unpaired) electrons. The van der Waals surface area contributed by atoms with Gasteiger partial charge in [0, 0.05) is 6.42 Å². The summed E-state index contributed by atoms with van der Waals surface area (Å²) >= 11 is 0. The molecule has 4 nitrogen and oxygen atoms in total. The normalized spacial score (nSPS) is 21.5. The van der Waals surface area contributed by atoms with E-state index in [1.807, 2.05) is 18.2 Å². The first-order valence-electron chi connectivity index (χ1n) is 7.01. The van der Waals surface area contributed by atoms with Crippen LogP contribution in [0.25, 0.3) is 0 Å². The molecule has 0 amide bonds. The molecule has 1 fully saturated rings. The van der Waals surface area contributed by atoms with Gasteiger partial charge < -0.3 is 11.1 Å². The number of hydrogen-bond donors (Lipinski definition) is 2. The summed E-state index contributed by atoms with van der Waals surface area (Å²) in [5.74, 6) is 1.46. The smallest absolute Gasteiger partial charge is 0.196 e. The molecule has 19 heavy (non-hydrogen) atoms. The Morgan fingerprint density at radius 2 is 1.79 bits per heavy atom. The monoisotopic (exact) mass is 256 g/mol. The summed E-state index contributed by atoms with van der Waals surface area (Å²) in [6.45, 7) is 0. The van der Waals surface area contributed by atoms with E-state index in [4.69, 9.17) is 10.7 Å². The second-order valence-electron chi connectivity index (χ2n) is 5.39. The fourth-order valence-corrected chi connectivity index (χ4v) is 2.92. The minimum absolute atomic E-state index is 0.280. The molecule has 1 spiro atoms. The first-order valence-corrected chi connectivity index (χ1v) is 7.01. The van der Waals surface area contributed by atoms with Crippen molar-refractivity contribution in [3.8, 4) is 0 Å². The Bertz CT molecular complexity index is 498. The van der Waals surface area contributed by atoms with Gasteiger partial charge in [-0.2, -0.15) is 0 Å². The van der Waals surface area contributed by atoms with E-state index in [9.17, 15) is 0 Å². The third kappa shape index (κ3) is 2.78. The molecule has 100 valence electrons. The van der Waals surface area contributed by atoms with Crippen LogP contribution in [0.3, 0.4) is 0 Å². The number of rotatable bonds is 2. The van der Waals surface area contributed by atoms with Crippen LogP contribution in [-0.4, -0.2) is 17.5 Å². The molecule has 0 saturated heterocycles. The van der Waals surface area contributed by atoms with Crippen LogP contribution in [0.2, 0.25) is 0 Å². The van der Waals surface area contributed by atoms with Crippen LogP contribution in [0.1, 0.15) is 37.7 Å². The maximum Gasteiger partial charge on any atom is 0.196 e. The molecule has 0 atom stereocenters. The van der Waals surface area contributed by atoms with Gasteiger partial charge >= 0.3 is 0 Å². The van der Waals surface area contributed by atoms with E-state index in [0.717, 1.165) is 25.1 Å². The SMILES string of the molecule is NC1=NC2(CCCCC2)N=C(Cc2ccccc2)N1. The van der Waals surface area contributed by atoms with Gasteiger partial charge in [-0.3, -0.25) is 0 Å². The second kappa shape index (κ2) is 5.03. The van der Waals surface area contributed by atoms with E-state index in [1.165, 1.54) is 24.8 Å².